The van der Waals surface area contributed by atoms with Crippen molar-refractivity contribution < 1.29 is 5.11 Å². The van der Waals surface area contributed by atoms with E-state index in [-0.39, 0.29) is 12.6 Å². The maximum absolute atomic E-state index is 9.17. The molecule has 1 atom stereocenters. The Morgan fingerprint density at radius 1 is 1.30 bits per heavy atom. The summed E-state index contributed by atoms with van der Waals surface area (Å²) in [6, 6.07) is 10.4. The number of aliphatic hydroxyl groups is 1. The van der Waals surface area contributed by atoms with Crippen LogP contribution in [0.5, 0.6) is 0 Å². The number of hydrogen-bond acceptors (Lipinski definition) is 3. The maximum atomic E-state index is 9.17. The van der Waals surface area contributed by atoms with Crippen molar-refractivity contribution in [2.45, 2.75) is 32.9 Å². The molecule has 20 heavy (non-hydrogen) atoms. The molecule has 0 saturated carbocycles. The highest BCUT2D eigenvalue weighted by Gasteiger charge is 2.05. The van der Waals surface area contributed by atoms with Crippen molar-refractivity contribution >= 4 is 0 Å². The van der Waals surface area contributed by atoms with Crippen LogP contribution < -0.4 is 5.32 Å². The molecule has 0 aliphatic carbocycles. The molecule has 3 nitrogen and oxygen atoms in total. The van der Waals surface area contributed by atoms with E-state index in [1.807, 2.05) is 24.5 Å². The number of hydrogen-bond donors (Lipinski definition) is 2. The van der Waals surface area contributed by atoms with E-state index in [4.69, 9.17) is 0 Å². The average Bonchev–Trinajstić information content (AvgIpc) is 2.49. The third-order valence-electron chi connectivity index (χ3n) is 3.61. The lowest BCUT2D eigenvalue weighted by molar-refractivity contribution is 0.281. The molecule has 0 bridgehead atoms. The third kappa shape index (κ3) is 3.89. The van der Waals surface area contributed by atoms with Crippen molar-refractivity contribution in [2.24, 2.45) is 0 Å². The van der Waals surface area contributed by atoms with E-state index in [0.29, 0.717) is 0 Å². The van der Waals surface area contributed by atoms with Gasteiger partial charge >= 0.3 is 0 Å². The van der Waals surface area contributed by atoms with Crippen molar-refractivity contribution in [1.82, 2.24) is 10.3 Å². The monoisotopic (exact) mass is 270 g/mol. The molecule has 0 amide bonds. The van der Waals surface area contributed by atoms with Crippen LogP contribution in [0.25, 0.3) is 0 Å². The summed E-state index contributed by atoms with van der Waals surface area (Å²) in [5.41, 5.74) is 4.75. The second-order valence-corrected chi connectivity index (χ2v) is 5.13. The fourth-order valence-corrected chi connectivity index (χ4v) is 2.28. The predicted octanol–water partition coefficient (Wildman–Crippen LogP) is 2.78. The van der Waals surface area contributed by atoms with E-state index in [0.717, 1.165) is 18.5 Å². The molecule has 2 N–H and O–H groups in total. The van der Waals surface area contributed by atoms with E-state index in [1.165, 1.54) is 16.7 Å². The van der Waals surface area contributed by atoms with Gasteiger partial charge in [-0.3, -0.25) is 4.98 Å². The lowest BCUT2D eigenvalue weighted by atomic mass is 10.0. The molecule has 0 saturated heterocycles. The van der Waals surface area contributed by atoms with Gasteiger partial charge in [0.15, 0.2) is 0 Å². The van der Waals surface area contributed by atoms with Gasteiger partial charge < -0.3 is 10.4 Å². The zero-order valence-electron chi connectivity index (χ0n) is 12.1. The number of aliphatic hydroxyl groups excluding tert-OH is 1. The Morgan fingerprint density at radius 2 is 2.15 bits per heavy atom. The Balaban J connectivity index is 1.89. The first-order valence-corrected chi connectivity index (χ1v) is 7.03. The standard InChI is InChI=1S/C17H22N2O/c1-13-11-18-8-6-16(13)7-9-19-14(2)17-5-3-4-15(10-17)12-20/h3-6,8,10-11,14,19-20H,7,9,12H2,1-2H3. The fraction of sp³-hybridized carbons (Fsp3) is 0.353. The van der Waals surface area contributed by atoms with Crippen LogP contribution in [0.1, 0.15) is 35.2 Å². The van der Waals surface area contributed by atoms with E-state index in [1.54, 1.807) is 0 Å². The van der Waals surface area contributed by atoms with Gasteiger partial charge in [-0.2, -0.15) is 0 Å². The van der Waals surface area contributed by atoms with Crippen molar-refractivity contribution in [2.75, 3.05) is 6.54 Å². The summed E-state index contributed by atoms with van der Waals surface area (Å²) in [6.45, 7) is 5.26. The van der Waals surface area contributed by atoms with Gasteiger partial charge in [-0.1, -0.05) is 24.3 Å². The summed E-state index contributed by atoms with van der Waals surface area (Å²) >= 11 is 0. The zero-order valence-corrected chi connectivity index (χ0v) is 12.1. The second-order valence-electron chi connectivity index (χ2n) is 5.13. The number of nitrogens with zero attached hydrogens (tertiary/aromatic N) is 1. The second kappa shape index (κ2) is 7.17. The summed E-state index contributed by atoms with van der Waals surface area (Å²) in [4.78, 5) is 4.11. The van der Waals surface area contributed by atoms with Gasteiger partial charge in [-0.25, -0.2) is 0 Å². The molecule has 0 radical (unpaired) electrons. The van der Waals surface area contributed by atoms with Gasteiger partial charge in [-0.05, 0) is 55.1 Å². The molecule has 1 heterocycles. The number of pyridine rings is 1. The number of aryl methyl sites for hydroxylation is 1. The molecule has 1 aromatic heterocycles. The van der Waals surface area contributed by atoms with Crippen LogP contribution in [-0.2, 0) is 13.0 Å². The molecule has 0 aliphatic heterocycles. The van der Waals surface area contributed by atoms with Crippen LogP contribution in [0.15, 0.2) is 42.7 Å². The third-order valence-corrected chi connectivity index (χ3v) is 3.61. The van der Waals surface area contributed by atoms with Crippen LogP contribution in [0.4, 0.5) is 0 Å². The van der Waals surface area contributed by atoms with Gasteiger partial charge in [0.05, 0.1) is 6.61 Å². The molecule has 1 aromatic carbocycles. The minimum absolute atomic E-state index is 0.0940. The first kappa shape index (κ1) is 14.7. The lowest BCUT2D eigenvalue weighted by Gasteiger charge is -2.15. The molecule has 3 heteroatoms. The van der Waals surface area contributed by atoms with E-state index < -0.39 is 0 Å². The lowest BCUT2D eigenvalue weighted by Crippen LogP contribution is -2.21. The average molecular weight is 270 g/mol. The highest BCUT2D eigenvalue weighted by molar-refractivity contribution is 5.25. The summed E-state index contributed by atoms with van der Waals surface area (Å²) in [6.07, 6.45) is 4.75. The topological polar surface area (TPSA) is 45.2 Å². The van der Waals surface area contributed by atoms with Gasteiger partial charge in [0.25, 0.3) is 0 Å². The van der Waals surface area contributed by atoms with E-state index in [2.05, 4.69) is 42.3 Å². The molecule has 0 aliphatic rings. The highest BCUT2D eigenvalue weighted by atomic mass is 16.3. The van der Waals surface area contributed by atoms with Gasteiger partial charge in [0.1, 0.15) is 0 Å². The largest absolute Gasteiger partial charge is 0.392 e. The SMILES string of the molecule is Cc1cnccc1CCNC(C)c1cccc(CO)c1. The molecule has 2 rings (SSSR count). The quantitative estimate of drug-likeness (QED) is 0.848. The molecule has 106 valence electrons. The Morgan fingerprint density at radius 3 is 2.90 bits per heavy atom. The van der Waals surface area contributed by atoms with Crippen LogP contribution in [0.2, 0.25) is 0 Å². The Kier molecular flexibility index (Phi) is 5.27. The zero-order chi connectivity index (χ0) is 14.4. The Hall–Kier alpha value is -1.71. The van der Waals surface area contributed by atoms with Crippen LogP contribution >= 0.6 is 0 Å². The van der Waals surface area contributed by atoms with Gasteiger partial charge in [-0.15, -0.1) is 0 Å². The maximum Gasteiger partial charge on any atom is 0.0681 e. The first-order valence-electron chi connectivity index (χ1n) is 7.03. The normalized spacial score (nSPS) is 12.3. The molecule has 0 fully saturated rings. The van der Waals surface area contributed by atoms with Crippen molar-refractivity contribution in [3.05, 3.63) is 65.0 Å². The van der Waals surface area contributed by atoms with Crippen LogP contribution in [-0.4, -0.2) is 16.6 Å². The van der Waals surface area contributed by atoms with Crippen LogP contribution in [0.3, 0.4) is 0 Å². The summed E-state index contributed by atoms with van der Waals surface area (Å²) in [5, 5.41) is 12.7. The Bertz CT molecular complexity index is 554. The molecular weight excluding hydrogens is 248 g/mol. The highest BCUT2D eigenvalue weighted by Crippen LogP contribution is 2.14. The smallest absolute Gasteiger partial charge is 0.0681 e. The fourth-order valence-electron chi connectivity index (χ4n) is 2.28. The van der Waals surface area contributed by atoms with Crippen molar-refractivity contribution in [3.8, 4) is 0 Å². The number of rotatable bonds is 6. The number of benzene rings is 1. The Labute approximate surface area is 120 Å². The summed E-state index contributed by atoms with van der Waals surface area (Å²) < 4.78 is 0. The minimum Gasteiger partial charge on any atom is -0.392 e. The van der Waals surface area contributed by atoms with Gasteiger partial charge in [0.2, 0.25) is 0 Å². The first-order chi connectivity index (χ1) is 9.70. The molecule has 0 spiro atoms. The summed E-state index contributed by atoms with van der Waals surface area (Å²) in [5.74, 6) is 0. The molecule has 1 unspecified atom stereocenters. The summed E-state index contributed by atoms with van der Waals surface area (Å²) in [7, 11) is 0. The number of nitrogens with one attached hydrogen (secondary N) is 1. The number of aromatic nitrogens is 1. The van der Waals surface area contributed by atoms with Crippen molar-refractivity contribution in [3.63, 3.8) is 0 Å². The van der Waals surface area contributed by atoms with Crippen molar-refractivity contribution in [1.29, 1.82) is 0 Å². The van der Waals surface area contributed by atoms with E-state index >= 15 is 0 Å². The molecular formula is C17H22N2O. The van der Waals surface area contributed by atoms with Gasteiger partial charge in [0, 0.05) is 18.4 Å². The molecule has 2 aromatic rings. The van der Waals surface area contributed by atoms with E-state index in [9.17, 15) is 5.11 Å². The predicted molar refractivity (Wildman–Crippen MR) is 81.5 cm³/mol. The minimum atomic E-state index is 0.0940. The van der Waals surface area contributed by atoms with Crippen LogP contribution in [0, 0.1) is 6.92 Å².